The number of rotatable bonds is 4. The van der Waals surface area contributed by atoms with Gasteiger partial charge in [-0.25, -0.2) is 4.79 Å². The first-order valence-electron chi connectivity index (χ1n) is 9.29. The van der Waals surface area contributed by atoms with Crippen molar-refractivity contribution in [2.75, 3.05) is 39.3 Å². The van der Waals surface area contributed by atoms with Crippen molar-refractivity contribution in [1.29, 1.82) is 0 Å². The van der Waals surface area contributed by atoms with Crippen LogP contribution in [0.4, 0.5) is 4.79 Å². The number of amides is 2. The predicted octanol–water partition coefficient (Wildman–Crippen LogP) is 3.18. The van der Waals surface area contributed by atoms with Crippen LogP contribution >= 0.6 is 11.3 Å². The molecule has 3 rings (SSSR count). The average molecular weight is 390 g/mol. The van der Waals surface area contributed by atoms with E-state index >= 15 is 0 Å². The lowest BCUT2D eigenvalue weighted by molar-refractivity contribution is 0.0147. The van der Waals surface area contributed by atoms with Crippen LogP contribution in [0.3, 0.4) is 0 Å². The summed E-state index contributed by atoms with van der Waals surface area (Å²) in [5, 5.41) is 4.10. The number of fused-ring (bicyclic) bond motifs is 1. The Morgan fingerprint density at radius 1 is 1.15 bits per heavy atom. The Morgan fingerprint density at radius 3 is 2.52 bits per heavy atom. The van der Waals surface area contributed by atoms with Crippen LogP contribution in [0.2, 0.25) is 0 Å². The van der Waals surface area contributed by atoms with Gasteiger partial charge in [-0.3, -0.25) is 9.69 Å². The summed E-state index contributed by atoms with van der Waals surface area (Å²) in [6.45, 7) is 9.88. The Morgan fingerprint density at radius 2 is 1.85 bits per heavy atom. The second kappa shape index (κ2) is 8.27. The summed E-state index contributed by atoms with van der Waals surface area (Å²) >= 11 is 1.52. The van der Waals surface area contributed by atoms with E-state index < -0.39 is 5.60 Å². The second-order valence-corrected chi connectivity index (χ2v) is 8.80. The van der Waals surface area contributed by atoms with Crippen molar-refractivity contribution in [2.45, 2.75) is 26.4 Å². The Balaban J connectivity index is 1.40. The molecule has 1 fully saturated rings. The largest absolute Gasteiger partial charge is 0.444 e. The predicted molar refractivity (Wildman–Crippen MR) is 108 cm³/mol. The zero-order valence-corrected chi connectivity index (χ0v) is 17.0. The van der Waals surface area contributed by atoms with Crippen molar-refractivity contribution in [1.82, 2.24) is 15.1 Å². The maximum Gasteiger partial charge on any atom is 0.410 e. The fraction of sp³-hybridized carbons (Fsp3) is 0.500. The van der Waals surface area contributed by atoms with E-state index in [2.05, 4.69) is 10.2 Å². The van der Waals surface area contributed by atoms with Crippen LogP contribution in [0.25, 0.3) is 10.1 Å². The molecule has 0 saturated carbocycles. The van der Waals surface area contributed by atoms with Gasteiger partial charge in [0.2, 0.25) is 0 Å². The van der Waals surface area contributed by atoms with Crippen molar-refractivity contribution in [3.8, 4) is 0 Å². The SMILES string of the molecule is CC(C)(C)OC(=O)N1CCN(CCNC(=O)c2cc3ccccc3s2)CC1. The van der Waals surface area contributed by atoms with Gasteiger partial charge in [-0.05, 0) is 38.3 Å². The molecule has 0 unspecified atom stereocenters. The van der Waals surface area contributed by atoms with Gasteiger partial charge in [0.25, 0.3) is 5.91 Å². The van der Waals surface area contributed by atoms with E-state index in [1.165, 1.54) is 11.3 Å². The maximum absolute atomic E-state index is 12.3. The Bertz CT molecular complexity index is 771. The van der Waals surface area contributed by atoms with E-state index in [4.69, 9.17) is 4.74 Å². The van der Waals surface area contributed by atoms with Gasteiger partial charge in [0.15, 0.2) is 0 Å². The summed E-state index contributed by atoms with van der Waals surface area (Å²) in [5.74, 6) is -0.0245. The highest BCUT2D eigenvalue weighted by Gasteiger charge is 2.25. The highest BCUT2D eigenvalue weighted by molar-refractivity contribution is 7.20. The van der Waals surface area contributed by atoms with Crippen molar-refractivity contribution in [3.63, 3.8) is 0 Å². The number of carbonyl (C=O) groups excluding carboxylic acids is 2. The molecule has 0 aliphatic carbocycles. The van der Waals surface area contributed by atoms with Crippen LogP contribution in [0, 0.1) is 0 Å². The Labute approximate surface area is 164 Å². The third kappa shape index (κ3) is 5.43. The molecule has 2 amide bonds. The summed E-state index contributed by atoms with van der Waals surface area (Å²) in [6.07, 6.45) is -0.250. The molecule has 0 bridgehead atoms. The highest BCUT2D eigenvalue weighted by atomic mass is 32.1. The standard InChI is InChI=1S/C20H27N3O3S/c1-20(2,3)26-19(25)23-12-10-22(11-13-23)9-8-21-18(24)17-14-15-6-4-5-7-16(15)27-17/h4-7,14H,8-13H2,1-3H3,(H,21,24). The van der Waals surface area contributed by atoms with Crippen LogP contribution in [0.15, 0.2) is 30.3 Å². The molecule has 6 nitrogen and oxygen atoms in total. The lowest BCUT2D eigenvalue weighted by atomic mass is 10.2. The molecule has 7 heteroatoms. The van der Waals surface area contributed by atoms with Gasteiger partial charge >= 0.3 is 6.09 Å². The molecule has 1 aromatic heterocycles. The van der Waals surface area contributed by atoms with Crippen LogP contribution in [0.1, 0.15) is 30.4 Å². The van der Waals surface area contributed by atoms with Crippen molar-refractivity contribution < 1.29 is 14.3 Å². The highest BCUT2D eigenvalue weighted by Crippen LogP contribution is 2.25. The molecule has 1 aromatic carbocycles. The molecule has 1 aliphatic rings. The molecule has 27 heavy (non-hydrogen) atoms. The van der Waals surface area contributed by atoms with E-state index in [1.807, 2.05) is 51.1 Å². The van der Waals surface area contributed by atoms with Gasteiger partial charge in [-0.15, -0.1) is 11.3 Å². The molecule has 2 aromatic rings. The van der Waals surface area contributed by atoms with E-state index in [0.717, 1.165) is 34.6 Å². The number of benzene rings is 1. The topological polar surface area (TPSA) is 61.9 Å². The van der Waals surface area contributed by atoms with Gasteiger partial charge in [0.1, 0.15) is 5.60 Å². The number of nitrogens with zero attached hydrogens (tertiary/aromatic N) is 2. The zero-order valence-electron chi connectivity index (χ0n) is 16.2. The molecular weight excluding hydrogens is 362 g/mol. The molecular formula is C20H27N3O3S. The van der Waals surface area contributed by atoms with Crippen molar-refractivity contribution in [3.05, 3.63) is 35.2 Å². The third-order valence-electron chi connectivity index (χ3n) is 4.39. The van der Waals surface area contributed by atoms with E-state index in [1.54, 1.807) is 4.90 Å². The normalized spacial score (nSPS) is 15.7. The summed E-state index contributed by atoms with van der Waals surface area (Å²) in [6, 6.07) is 9.95. The number of piperazine rings is 1. The number of thiophene rings is 1. The molecule has 0 atom stereocenters. The fourth-order valence-corrected chi connectivity index (χ4v) is 3.97. The van der Waals surface area contributed by atoms with E-state index in [9.17, 15) is 9.59 Å². The van der Waals surface area contributed by atoms with Gasteiger partial charge in [0, 0.05) is 44.0 Å². The van der Waals surface area contributed by atoms with Gasteiger partial charge in [-0.2, -0.15) is 0 Å². The first-order chi connectivity index (χ1) is 12.8. The van der Waals surface area contributed by atoms with Crippen molar-refractivity contribution >= 4 is 33.4 Å². The van der Waals surface area contributed by atoms with Crippen molar-refractivity contribution in [2.24, 2.45) is 0 Å². The number of carbonyl (C=O) groups is 2. The van der Waals surface area contributed by atoms with Crippen LogP contribution in [-0.2, 0) is 4.74 Å². The summed E-state index contributed by atoms with van der Waals surface area (Å²) in [4.78, 5) is 29.2. The summed E-state index contributed by atoms with van der Waals surface area (Å²) in [5.41, 5.74) is -0.467. The third-order valence-corrected chi connectivity index (χ3v) is 5.50. The number of nitrogens with one attached hydrogen (secondary N) is 1. The minimum atomic E-state index is -0.467. The molecule has 1 aliphatic heterocycles. The average Bonchev–Trinajstić information content (AvgIpc) is 3.05. The smallest absolute Gasteiger partial charge is 0.410 e. The van der Waals surface area contributed by atoms with Crippen LogP contribution < -0.4 is 5.32 Å². The lowest BCUT2D eigenvalue weighted by Crippen LogP contribution is -2.51. The Hall–Kier alpha value is -2.12. The molecule has 0 radical (unpaired) electrons. The molecule has 2 heterocycles. The fourth-order valence-electron chi connectivity index (χ4n) is 2.99. The molecule has 146 valence electrons. The van der Waals surface area contributed by atoms with Crippen LogP contribution in [-0.4, -0.2) is 66.7 Å². The monoisotopic (exact) mass is 389 g/mol. The number of ether oxygens (including phenoxy) is 1. The molecule has 1 saturated heterocycles. The van der Waals surface area contributed by atoms with E-state index in [0.29, 0.717) is 19.6 Å². The Kier molecular flexibility index (Phi) is 6.01. The molecule has 0 spiro atoms. The first kappa shape index (κ1) is 19.6. The first-order valence-corrected chi connectivity index (χ1v) is 10.1. The van der Waals surface area contributed by atoms with Crippen LogP contribution in [0.5, 0.6) is 0 Å². The summed E-state index contributed by atoms with van der Waals surface area (Å²) < 4.78 is 6.54. The summed E-state index contributed by atoms with van der Waals surface area (Å²) in [7, 11) is 0. The minimum absolute atomic E-state index is 0.0245. The molecule has 1 N–H and O–H groups in total. The van der Waals surface area contributed by atoms with Gasteiger partial charge in [0.05, 0.1) is 4.88 Å². The van der Waals surface area contributed by atoms with E-state index in [-0.39, 0.29) is 12.0 Å². The second-order valence-electron chi connectivity index (χ2n) is 7.71. The number of hydrogen-bond acceptors (Lipinski definition) is 5. The minimum Gasteiger partial charge on any atom is -0.444 e. The van der Waals surface area contributed by atoms with Gasteiger partial charge < -0.3 is 15.0 Å². The number of hydrogen-bond donors (Lipinski definition) is 1. The maximum atomic E-state index is 12.3. The quantitative estimate of drug-likeness (QED) is 0.872. The van der Waals surface area contributed by atoms with Gasteiger partial charge in [-0.1, -0.05) is 18.2 Å². The zero-order chi connectivity index (χ0) is 19.4. The lowest BCUT2D eigenvalue weighted by Gasteiger charge is -2.35.